The highest BCUT2D eigenvalue weighted by Crippen LogP contribution is 2.35. The number of esters is 2. The van der Waals surface area contributed by atoms with Crippen LogP contribution in [0.3, 0.4) is 0 Å². The molecule has 0 spiro atoms. The summed E-state index contributed by atoms with van der Waals surface area (Å²) >= 11 is 0. The van der Waals surface area contributed by atoms with E-state index in [-0.39, 0.29) is 12.6 Å². The SMILES string of the molecule is CCCCCCCCCCCC(CCCCCCCCCCC(=O)OCc1ccccc1)(C(=O)OCc1ccccc1)C(=O)On1nnc2ccccc21. The summed E-state index contributed by atoms with van der Waals surface area (Å²) in [4.78, 5) is 47.6. The molecule has 9 nitrogen and oxygen atoms in total. The summed E-state index contributed by atoms with van der Waals surface area (Å²) < 4.78 is 11.3. The van der Waals surface area contributed by atoms with Crippen LogP contribution in [-0.4, -0.2) is 33.1 Å². The first-order valence-electron chi connectivity index (χ1n) is 20.5. The summed E-state index contributed by atoms with van der Waals surface area (Å²) in [6.07, 6.45) is 18.9. The number of nitrogens with zero attached hydrogens (tertiary/aromatic N) is 3. The fourth-order valence-corrected chi connectivity index (χ4v) is 6.86. The summed E-state index contributed by atoms with van der Waals surface area (Å²) in [6, 6.07) is 26.6. The van der Waals surface area contributed by atoms with Gasteiger partial charge in [-0.25, -0.2) is 4.79 Å². The molecule has 0 radical (unpaired) electrons. The number of carbonyl (C=O) groups is 3. The molecule has 4 rings (SSSR count). The van der Waals surface area contributed by atoms with Crippen LogP contribution in [0.5, 0.6) is 0 Å². The zero-order valence-electron chi connectivity index (χ0n) is 32.4. The van der Waals surface area contributed by atoms with Crippen LogP contribution in [-0.2, 0) is 37.1 Å². The van der Waals surface area contributed by atoms with Crippen LogP contribution in [0, 0.1) is 5.41 Å². The van der Waals surface area contributed by atoms with Gasteiger partial charge in [0.05, 0.1) is 0 Å². The Morgan fingerprint density at radius 2 is 1.04 bits per heavy atom. The number of rotatable bonds is 28. The molecule has 0 aliphatic carbocycles. The number of aromatic nitrogens is 3. The Bertz CT molecular complexity index is 1640. The molecule has 1 heterocycles. The summed E-state index contributed by atoms with van der Waals surface area (Å²) in [5.74, 6) is -1.33. The molecule has 1 atom stereocenters. The van der Waals surface area contributed by atoms with Gasteiger partial charge in [0.1, 0.15) is 24.2 Å². The molecule has 0 amide bonds. The van der Waals surface area contributed by atoms with E-state index in [9.17, 15) is 14.4 Å². The fraction of sp³-hybridized carbons (Fsp3) is 0.533. The molecule has 0 saturated heterocycles. The van der Waals surface area contributed by atoms with Crippen molar-refractivity contribution in [3.63, 3.8) is 0 Å². The summed E-state index contributed by atoms with van der Waals surface area (Å²) in [5.41, 5.74) is 1.56. The van der Waals surface area contributed by atoms with Gasteiger partial charge in [-0.1, -0.05) is 187 Å². The number of unbranched alkanes of at least 4 members (excludes halogenated alkanes) is 15. The number of carbonyl (C=O) groups excluding carboxylic acids is 3. The van der Waals surface area contributed by atoms with Crippen molar-refractivity contribution in [3.05, 3.63) is 96.1 Å². The van der Waals surface area contributed by atoms with Crippen LogP contribution >= 0.6 is 0 Å². The second-order valence-electron chi connectivity index (χ2n) is 14.5. The molecule has 0 bridgehead atoms. The van der Waals surface area contributed by atoms with Crippen molar-refractivity contribution in [2.24, 2.45) is 5.41 Å². The molecule has 54 heavy (non-hydrogen) atoms. The lowest BCUT2D eigenvalue weighted by molar-refractivity contribution is -0.176. The third-order valence-electron chi connectivity index (χ3n) is 10.2. The van der Waals surface area contributed by atoms with Crippen LogP contribution in [0.2, 0.25) is 0 Å². The summed E-state index contributed by atoms with van der Waals surface area (Å²) in [5, 5.41) is 8.23. The molecule has 4 aromatic rings. The highest BCUT2D eigenvalue weighted by molar-refractivity contribution is 6.00. The van der Waals surface area contributed by atoms with E-state index in [1.54, 1.807) is 12.1 Å². The maximum absolute atomic E-state index is 14.3. The van der Waals surface area contributed by atoms with Gasteiger partial charge in [0.2, 0.25) is 0 Å². The quantitative estimate of drug-likeness (QED) is 0.0245. The Kier molecular flexibility index (Phi) is 19.3. The smallest absolute Gasteiger partial charge is 0.352 e. The van der Waals surface area contributed by atoms with Crippen molar-refractivity contribution in [2.45, 2.75) is 149 Å². The predicted molar refractivity (Wildman–Crippen MR) is 212 cm³/mol. The Morgan fingerprint density at radius 1 is 0.556 bits per heavy atom. The Morgan fingerprint density at radius 3 is 1.61 bits per heavy atom. The largest absolute Gasteiger partial charge is 0.461 e. The Balaban J connectivity index is 1.30. The van der Waals surface area contributed by atoms with Crippen molar-refractivity contribution < 1.29 is 28.7 Å². The van der Waals surface area contributed by atoms with Gasteiger partial charge in [0, 0.05) is 6.42 Å². The number of para-hydroxylation sites is 1. The molecule has 0 fully saturated rings. The number of fused-ring (bicyclic) bond motifs is 1. The monoisotopic (exact) mass is 739 g/mol. The normalized spacial score (nSPS) is 12.3. The number of ether oxygens (including phenoxy) is 2. The number of benzene rings is 3. The van der Waals surface area contributed by atoms with E-state index in [2.05, 4.69) is 17.2 Å². The fourth-order valence-electron chi connectivity index (χ4n) is 6.86. The second-order valence-corrected chi connectivity index (χ2v) is 14.5. The predicted octanol–water partition coefficient (Wildman–Crippen LogP) is 10.7. The lowest BCUT2D eigenvalue weighted by Crippen LogP contribution is -2.45. The average Bonchev–Trinajstić information content (AvgIpc) is 3.61. The van der Waals surface area contributed by atoms with Gasteiger partial charge < -0.3 is 14.3 Å². The average molecular weight is 740 g/mol. The van der Waals surface area contributed by atoms with Crippen LogP contribution in [0.1, 0.15) is 146 Å². The van der Waals surface area contributed by atoms with Crippen molar-refractivity contribution in [1.82, 2.24) is 15.2 Å². The molecule has 9 heteroatoms. The lowest BCUT2D eigenvalue weighted by atomic mass is 9.77. The van der Waals surface area contributed by atoms with E-state index in [4.69, 9.17) is 14.3 Å². The molecular formula is C45H61N3O6. The molecule has 0 aliphatic heterocycles. The van der Waals surface area contributed by atoms with Gasteiger partial charge in [-0.05, 0) is 47.7 Å². The number of hydrogen-bond acceptors (Lipinski definition) is 8. The minimum atomic E-state index is -1.46. The van der Waals surface area contributed by atoms with Crippen LogP contribution in [0.4, 0.5) is 0 Å². The molecule has 0 saturated carbocycles. The minimum absolute atomic E-state index is 0.0868. The van der Waals surface area contributed by atoms with Crippen molar-refractivity contribution in [2.75, 3.05) is 0 Å². The highest BCUT2D eigenvalue weighted by atomic mass is 16.7. The van der Waals surface area contributed by atoms with Crippen LogP contribution in [0.25, 0.3) is 11.0 Å². The maximum Gasteiger partial charge on any atom is 0.352 e. The number of hydrogen-bond donors (Lipinski definition) is 0. The first-order chi connectivity index (χ1) is 26.5. The van der Waals surface area contributed by atoms with Crippen LogP contribution < -0.4 is 4.84 Å². The standard InChI is InChI=1S/C45H61N3O6/c1-2-3-4-5-6-8-11-14-25-34-45(43(50)53-37-39-29-20-17-21-30-39,44(51)54-48-41-32-24-23-31-40(41)46-47-48)35-26-15-12-9-7-10-13-22-33-42(49)52-36-38-27-18-16-19-28-38/h16-21,23-24,27-32H,2-15,22,25-26,33-37H2,1H3. The third-order valence-corrected chi connectivity index (χ3v) is 10.2. The first kappa shape index (κ1) is 42.2. The van der Waals surface area contributed by atoms with Gasteiger partial charge >= 0.3 is 17.9 Å². The van der Waals surface area contributed by atoms with Crippen molar-refractivity contribution in [3.8, 4) is 0 Å². The van der Waals surface area contributed by atoms with E-state index >= 15 is 0 Å². The molecule has 1 unspecified atom stereocenters. The van der Waals surface area contributed by atoms with Gasteiger partial charge in [-0.15, -0.1) is 5.10 Å². The highest BCUT2D eigenvalue weighted by Gasteiger charge is 2.49. The zero-order chi connectivity index (χ0) is 38.1. The molecule has 0 aliphatic rings. The maximum atomic E-state index is 14.3. The zero-order valence-corrected chi connectivity index (χ0v) is 32.4. The molecule has 3 aromatic carbocycles. The Labute approximate surface area is 322 Å². The van der Waals surface area contributed by atoms with Gasteiger partial charge in [0.15, 0.2) is 5.41 Å². The van der Waals surface area contributed by atoms with Crippen molar-refractivity contribution in [1.29, 1.82) is 0 Å². The van der Waals surface area contributed by atoms with E-state index in [1.807, 2.05) is 72.8 Å². The summed E-state index contributed by atoms with van der Waals surface area (Å²) in [6.45, 7) is 2.64. The van der Waals surface area contributed by atoms with E-state index in [0.29, 0.717) is 43.3 Å². The minimum Gasteiger partial charge on any atom is -0.461 e. The van der Waals surface area contributed by atoms with E-state index in [0.717, 1.165) is 86.6 Å². The molecule has 292 valence electrons. The third kappa shape index (κ3) is 14.7. The van der Waals surface area contributed by atoms with Crippen LogP contribution in [0.15, 0.2) is 84.9 Å². The molecule has 1 aromatic heterocycles. The van der Waals surface area contributed by atoms with E-state index < -0.39 is 17.4 Å². The molecule has 0 N–H and O–H groups in total. The van der Waals surface area contributed by atoms with Gasteiger partial charge in [0.25, 0.3) is 0 Å². The van der Waals surface area contributed by atoms with Gasteiger partial charge in [-0.3, -0.25) is 9.59 Å². The lowest BCUT2D eigenvalue weighted by Gasteiger charge is -2.29. The second kappa shape index (κ2) is 24.7. The van der Waals surface area contributed by atoms with E-state index in [1.165, 1.54) is 32.1 Å². The van der Waals surface area contributed by atoms with Gasteiger partial charge in [-0.2, -0.15) is 0 Å². The first-order valence-corrected chi connectivity index (χ1v) is 20.5. The Hall–Kier alpha value is -4.53. The molecular weight excluding hydrogens is 679 g/mol. The van der Waals surface area contributed by atoms with Crippen molar-refractivity contribution >= 4 is 28.9 Å². The summed E-state index contributed by atoms with van der Waals surface area (Å²) in [7, 11) is 0. The topological polar surface area (TPSA) is 110 Å².